The van der Waals surface area contributed by atoms with Gasteiger partial charge in [-0.15, -0.1) is 0 Å². The molecule has 26 heavy (non-hydrogen) atoms. The molecule has 0 aliphatic heterocycles. The van der Waals surface area contributed by atoms with Crippen molar-refractivity contribution in [2.24, 2.45) is 0 Å². The number of rotatable bonds is 6. The van der Waals surface area contributed by atoms with Crippen molar-refractivity contribution in [1.29, 1.82) is 0 Å². The van der Waals surface area contributed by atoms with Crippen LogP contribution in [0.2, 0.25) is 0 Å². The molecule has 6 heteroatoms. The zero-order valence-corrected chi connectivity index (χ0v) is 14.1. The molecule has 2 amide bonds. The molecule has 2 heterocycles. The second-order valence-electron chi connectivity index (χ2n) is 5.64. The number of hydrogen-bond donors (Lipinski definition) is 2. The number of carbonyl (C=O) groups is 2. The Morgan fingerprint density at radius 3 is 2.31 bits per heavy atom. The van der Waals surface area contributed by atoms with Gasteiger partial charge in [0.15, 0.2) is 0 Å². The van der Waals surface area contributed by atoms with E-state index in [0.29, 0.717) is 18.7 Å². The lowest BCUT2D eigenvalue weighted by molar-refractivity contribution is 0.0946. The summed E-state index contributed by atoms with van der Waals surface area (Å²) in [4.78, 5) is 32.6. The van der Waals surface area contributed by atoms with E-state index >= 15 is 0 Å². The summed E-state index contributed by atoms with van der Waals surface area (Å²) in [5, 5.41) is 5.60. The Morgan fingerprint density at radius 1 is 0.808 bits per heavy atom. The summed E-state index contributed by atoms with van der Waals surface area (Å²) in [7, 11) is 0. The minimum absolute atomic E-state index is 0.204. The van der Waals surface area contributed by atoms with E-state index in [4.69, 9.17) is 0 Å². The van der Waals surface area contributed by atoms with Gasteiger partial charge in [-0.3, -0.25) is 19.6 Å². The van der Waals surface area contributed by atoms with Crippen LogP contribution in [-0.4, -0.2) is 21.8 Å². The number of carbonyl (C=O) groups excluding carboxylic acids is 2. The molecule has 0 aliphatic carbocycles. The zero-order valence-electron chi connectivity index (χ0n) is 14.1. The maximum absolute atomic E-state index is 12.3. The third-order valence-electron chi connectivity index (χ3n) is 3.73. The van der Waals surface area contributed by atoms with Crippen LogP contribution >= 0.6 is 0 Å². The largest absolute Gasteiger partial charge is 0.348 e. The predicted molar refractivity (Wildman–Crippen MR) is 97.3 cm³/mol. The second-order valence-corrected chi connectivity index (χ2v) is 5.64. The molecule has 3 rings (SSSR count). The SMILES string of the molecule is O=C(NCc1cccnc1)c1ccnc(C(=O)NCc2ccccc2)c1. The van der Waals surface area contributed by atoms with Crippen LogP contribution in [0.4, 0.5) is 0 Å². The number of pyridine rings is 2. The summed E-state index contributed by atoms with van der Waals surface area (Å²) >= 11 is 0. The van der Waals surface area contributed by atoms with Crippen LogP contribution in [0.5, 0.6) is 0 Å². The van der Waals surface area contributed by atoms with Crippen molar-refractivity contribution in [2.75, 3.05) is 0 Å². The van der Waals surface area contributed by atoms with Gasteiger partial charge in [0.2, 0.25) is 0 Å². The number of aromatic nitrogens is 2. The van der Waals surface area contributed by atoms with Gasteiger partial charge in [0.1, 0.15) is 5.69 Å². The van der Waals surface area contributed by atoms with E-state index in [0.717, 1.165) is 11.1 Å². The number of hydrogen-bond acceptors (Lipinski definition) is 4. The molecule has 6 nitrogen and oxygen atoms in total. The first-order valence-electron chi connectivity index (χ1n) is 8.17. The standard InChI is InChI=1S/C20H18N4O2/c25-19(23-14-16-7-4-9-21-12-16)17-8-10-22-18(11-17)20(26)24-13-15-5-2-1-3-6-15/h1-12H,13-14H2,(H,23,25)(H,24,26). The molecule has 2 N–H and O–H groups in total. The van der Waals surface area contributed by atoms with Gasteiger partial charge >= 0.3 is 0 Å². The molecule has 1 aromatic carbocycles. The van der Waals surface area contributed by atoms with E-state index in [2.05, 4.69) is 20.6 Å². The fourth-order valence-electron chi connectivity index (χ4n) is 2.35. The monoisotopic (exact) mass is 346 g/mol. The van der Waals surface area contributed by atoms with Crippen molar-refractivity contribution in [3.8, 4) is 0 Å². The van der Waals surface area contributed by atoms with E-state index in [1.165, 1.54) is 12.3 Å². The zero-order chi connectivity index (χ0) is 18.2. The van der Waals surface area contributed by atoms with Gasteiger partial charge in [0, 0.05) is 37.2 Å². The Balaban J connectivity index is 1.60. The summed E-state index contributed by atoms with van der Waals surface area (Å²) in [6, 6.07) is 16.3. The molecule has 0 saturated heterocycles. The molecule has 2 aromatic heterocycles. The van der Waals surface area contributed by atoms with Crippen LogP contribution in [0.3, 0.4) is 0 Å². The van der Waals surface area contributed by atoms with Crippen molar-refractivity contribution in [3.05, 3.63) is 95.6 Å². The quantitative estimate of drug-likeness (QED) is 0.717. The third-order valence-corrected chi connectivity index (χ3v) is 3.73. The van der Waals surface area contributed by atoms with Crippen LogP contribution in [0, 0.1) is 0 Å². The molecule has 0 atom stereocenters. The highest BCUT2D eigenvalue weighted by atomic mass is 16.2. The lowest BCUT2D eigenvalue weighted by atomic mass is 10.2. The van der Waals surface area contributed by atoms with Gasteiger partial charge in [-0.1, -0.05) is 36.4 Å². The average molecular weight is 346 g/mol. The topological polar surface area (TPSA) is 84.0 Å². The Kier molecular flexibility index (Phi) is 5.67. The molecule has 0 radical (unpaired) electrons. The van der Waals surface area contributed by atoms with Crippen molar-refractivity contribution in [1.82, 2.24) is 20.6 Å². The Hall–Kier alpha value is -3.54. The maximum Gasteiger partial charge on any atom is 0.270 e. The van der Waals surface area contributed by atoms with Gasteiger partial charge in [-0.05, 0) is 29.3 Å². The predicted octanol–water partition coefficient (Wildman–Crippen LogP) is 2.34. The van der Waals surface area contributed by atoms with Gasteiger partial charge in [0.25, 0.3) is 11.8 Å². The van der Waals surface area contributed by atoms with Gasteiger partial charge in [0.05, 0.1) is 0 Å². The number of benzene rings is 1. The van der Waals surface area contributed by atoms with E-state index in [9.17, 15) is 9.59 Å². The van der Waals surface area contributed by atoms with Crippen LogP contribution in [0.1, 0.15) is 32.0 Å². The van der Waals surface area contributed by atoms with Gasteiger partial charge in [-0.2, -0.15) is 0 Å². The van der Waals surface area contributed by atoms with Crippen molar-refractivity contribution in [2.45, 2.75) is 13.1 Å². The number of amides is 2. The first-order valence-corrected chi connectivity index (χ1v) is 8.17. The summed E-state index contributed by atoms with van der Waals surface area (Å²) in [6.45, 7) is 0.767. The average Bonchev–Trinajstić information content (AvgIpc) is 2.72. The van der Waals surface area contributed by atoms with Crippen LogP contribution < -0.4 is 10.6 Å². The molecule has 0 saturated carbocycles. The van der Waals surface area contributed by atoms with Crippen molar-refractivity contribution >= 4 is 11.8 Å². The first kappa shape index (κ1) is 17.3. The molecular formula is C20H18N4O2. The van der Waals surface area contributed by atoms with Crippen LogP contribution in [0.25, 0.3) is 0 Å². The molecule has 130 valence electrons. The lowest BCUT2D eigenvalue weighted by Crippen LogP contribution is -2.26. The summed E-state index contributed by atoms with van der Waals surface area (Å²) < 4.78 is 0. The highest BCUT2D eigenvalue weighted by Gasteiger charge is 2.11. The van der Waals surface area contributed by atoms with E-state index in [1.54, 1.807) is 18.5 Å². The minimum Gasteiger partial charge on any atom is -0.348 e. The fourth-order valence-corrected chi connectivity index (χ4v) is 2.35. The highest BCUT2D eigenvalue weighted by Crippen LogP contribution is 2.04. The fraction of sp³-hybridized carbons (Fsp3) is 0.100. The van der Waals surface area contributed by atoms with Crippen LogP contribution in [-0.2, 0) is 13.1 Å². The Labute approximate surface area is 151 Å². The molecule has 0 fully saturated rings. The number of nitrogens with one attached hydrogen (secondary N) is 2. The summed E-state index contributed by atoms with van der Waals surface area (Å²) in [5.74, 6) is -0.593. The first-order chi connectivity index (χ1) is 12.7. The van der Waals surface area contributed by atoms with E-state index in [1.807, 2.05) is 42.5 Å². The minimum atomic E-state index is -0.323. The molecule has 0 unspecified atom stereocenters. The molecule has 0 bridgehead atoms. The van der Waals surface area contributed by atoms with Gasteiger partial charge < -0.3 is 10.6 Å². The Morgan fingerprint density at radius 2 is 1.54 bits per heavy atom. The smallest absolute Gasteiger partial charge is 0.270 e. The van der Waals surface area contributed by atoms with E-state index < -0.39 is 0 Å². The van der Waals surface area contributed by atoms with Crippen LogP contribution in [0.15, 0.2) is 73.2 Å². The Bertz CT molecular complexity index is 812. The van der Waals surface area contributed by atoms with E-state index in [-0.39, 0.29) is 17.5 Å². The third kappa shape index (κ3) is 4.73. The van der Waals surface area contributed by atoms with Gasteiger partial charge in [-0.25, -0.2) is 0 Å². The summed E-state index contributed by atoms with van der Waals surface area (Å²) in [6.07, 6.45) is 4.82. The maximum atomic E-state index is 12.3. The normalized spacial score (nSPS) is 10.2. The highest BCUT2D eigenvalue weighted by molar-refractivity contribution is 5.98. The lowest BCUT2D eigenvalue weighted by Gasteiger charge is -2.07. The van der Waals surface area contributed by atoms with Crippen molar-refractivity contribution < 1.29 is 9.59 Å². The van der Waals surface area contributed by atoms with Crippen molar-refractivity contribution in [3.63, 3.8) is 0 Å². The molecular weight excluding hydrogens is 328 g/mol. The number of nitrogens with zero attached hydrogens (tertiary/aromatic N) is 2. The molecule has 0 spiro atoms. The second kappa shape index (κ2) is 8.53. The summed E-state index contributed by atoms with van der Waals surface area (Å²) in [5.41, 5.74) is 2.48. The molecule has 3 aromatic rings. The molecule has 0 aliphatic rings.